The van der Waals surface area contributed by atoms with Crippen LogP contribution in [-0.4, -0.2) is 31.9 Å². The van der Waals surface area contributed by atoms with Gasteiger partial charge in [-0.1, -0.05) is 37.6 Å². The van der Waals surface area contributed by atoms with Crippen molar-refractivity contribution in [3.8, 4) is 11.3 Å². The Hall–Kier alpha value is -2.70. The quantitative estimate of drug-likeness (QED) is 0.623. The number of aromatic nitrogens is 2. The number of halogens is 2. The predicted molar refractivity (Wildman–Crippen MR) is 107 cm³/mol. The number of carbonyl (C=O) groups is 1. The van der Waals surface area contributed by atoms with Crippen molar-refractivity contribution in [1.29, 1.82) is 0 Å². The van der Waals surface area contributed by atoms with Gasteiger partial charge in [-0.15, -0.1) is 0 Å². The zero-order valence-corrected chi connectivity index (χ0v) is 16.2. The number of aliphatic carboxylic acids is 1. The molecule has 0 spiro atoms. The molecular weight excluding hydrogens is 383 g/mol. The molecule has 2 heterocycles. The largest absolute Gasteiger partial charge is 0.481 e. The Bertz CT molecular complexity index is 1040. The number of carboxylic acids is 1. The molecule has 3 rings (SSSR count). The Kier molecular flexibility index (Phi) is 5.82. The lowest BCUT2D eigenvalue weighted by Crippen LogP contribution is -2.10. The van der Waals surface area contributed by atoms with E-state index in [-0.39, 0.29) is 11.7 Å². The van der Waals surface area contributed by atoms with Crippen LogP contribution in [0.1, 0.15) is 37.3 Å². The molecule has 1 atom stereocenters. The van der Waals surface area contributed by atoms with Gasteiger partial charge in [0.05, 0.1) is 23.7 Å². The van der Waals surface area contributed by atoms with Gasteiger partial charge in [-0.2, -0.15) is 5.10 Å². The van der Waals surface area contributed by atoms with Gasteiger partial charge >= 0.3 is 5.97 Å². The van der Waals surface area contributed by atoms with E-state index >= 15 is 0 Å². The lowest BCUT2D eigenvalue weighted by Gasteiger charge is -2.17. The third-order valence-electron chi connectivity index (χ3n) is 4.39. The van der Waals surface area contributed by atoms with E-state index in [1.165, 1.54) is 18.2 Å². The molecule has 7 heteroatoms. The molecule has 3 aromatic rings. The van der Waals surface area contributed by atoms with Gasteiger partial charge in [0, 0.05) is 11.1 Å². The zero-order chi connectivity index (χ0) is 20.4. The van der Waals surface area contributed by atoms with Gasteiger partial charge in [-0.25, -0.2) is 8.91 Å². The van der Waals surface area contributed by atoms with Crippen molar-refractivity contribution < 1.29 is 19.4 Å². The monoisotopic (exact) mass is 402 g/mol. The van der Waals surface area contributed by atoms with Gasteiger partial charge in [0.15, 0.2) is 0 Å². The maximum atomic E-state index is 13.4. The van der Waals surface area contributed by atoms with Crippen LogP contribution in [0.4, 0.5) is 4.39 Å². The third kappa shape index (κ3) is 4.08. The Balaban J connectivity index is 2.26. The lowest BCUT2D eigenvalue weighted by atomic mass is 9.93. The van der Waals surface area contributed by atoms with E-state index in [0.717, 1.165) is 16.6 Å². The minimum Gasteiger partial charge on any atom is -0.481 e. The highest BCUT2D eigenvalue weighted by atomic mass is 35.5. The van der Waals surface area contributed by atoms with Crippen LogP contribution in [0, 0.1) is 5.82 Å². The van der Waals surface area contributed by atoms with Crippen LogP contribution in [0.15, 0.2) is 42.5 Å². The van der Waals surface area contributed by atoms with E-state index in [2.05, 4.69) is 5.10 Å². The van der Waals surface area contributed by atoms with Crippen LogP contribution >= 0.6 is 11.6 Å². The Morgan fingerprint density at radius 1 is 1.25 bits per heavy atom. The summed E-state index contributed by atoms with van der Waals surface area (Å²) < 4.78 is 15.0. The van der Waals surface area contributed by atoms with Gasteiger partial charge in [-0.05, 0) is 47.9 Å². The minimum absolute atomic E-state index is 0.0898. The summed E-state index contributed by atoms with van der Waals surface area (Å²) in [6.45, 7) is 4.05. The fourth-order valence-corrected chi connectivity index (χ4v) is 3.37. The normalized spacial score (nSPS) is 12.9. The number of rotatable bonds is 6. The van der Waals surface area contributed by atoms with Gasteiger partial charge in [0.25, 0.3) is 0 Å². The zero-order valence-electron chi connectivity index (χ0n) is 15.4. The summed E-state index contributed by atoms with van der Waals surface area (Å²) in [7, 11) is 0. The molecule has 0 bridgehead atoms. The van der Waals surface area contributed by atoms with E-state index in [0.29, 0.717) is 16.4 Å². The van der Waals surface area contributed by atoms with Crippen LogP contribution in [-0.2, 0) is 4.79 Å². The van der Waals surface area contributed by atoms with Crippen molar-refractivity contribution in [2.45, 2.75) is 32.3 Å². The summed E-state index contributed by atoms with van der Waals surface area (Å²) in [4.78, 5) is 10.8. The Morgan fingerprint density at radius 3 is 2.54 bits per heavy atom. The average molecular weight is 403 g/mol. The first-order chi connectivity index (χ1) is 13.3. The molecule has 0 saturated heterocycles. The van der Waals surface area contributed by atoms with E-state index in [4.69, 9.17) is 16.7 Å². The van der Waals surface area contributed by atoms with Crippen LogP contribution in [0.3, 0.4) is 0 Å². The van der Waals surface area contributed by atoms with Crippen molar-refractivity contribution in [2.24, 2.45) is 0 Å². The second-order valence-electron chi connectivity index (χ2n) is 6.81. The summed E-state index contributed by atoms with van der Waals surface area (Å²) in [5.41, 5.74) is 3.74. The number of carboxylic acid groups (broad SMARTS) is 1. The number of aliphatic hydroxyl groups excluding tert-OH is 1. The molecule has 5 nitrogen and oxygen atoms in total. The van der Waals surface area contributed by atoms with Crippen molar-refractivity contribution >= 4 is 29.2 Å². The van der Waals surface area contributed by atoms with Crippen molar-refractivity contribution in [1.82, 2.24) is 9.61 Å². The number of hydrogen-bond donors (Lipinski definition) is 2. The first kappa shape index (κ1) is 20.0. The number of aliphatic hydroxyl groups is 1. The fraction of sp³-hybridized carbons (Fsp3) is 0.238. The maximum absolute atomic E-state index is 13.4. The lowest BCUT2D eigenvalue weighted by molar-refractivity contribution is -0.138. The maximum Gasteiger partial charge on any atom is 0.306 e. The summed E-state index contributed by atoms with van der Waals surface area (Å²) >= 11 is 6.29. The van der Waals surface area contributed by atoms with Crippen LogP contribution < -0.4 is 0 Å². The predicted octanol–water partition coefficient (Wildman–Crippen LogP) is 4.77. The van der Waals surface area contributed by atoms with Gasteiger partial charge in [0.1, 0.15) is 11.0 Å². The van der Waals surface area contributed by atoms with E-state index < -0.39 is 18.5 Å². The molecule has 0 amide bonds. The molecule has 0 fully saturated rings. The number of hydrogen-bond acceptors (Lipinski definition) is 3. The number of fused-ring (bicyclic) bond motifs is 1. The minimum atomic E-state index is -1.13. The van der Waals surface area contributed by atoms with Gasteiger partial charge in [0.2, 0.25) is 0 Å². The Labute approximate surface area is 166 Å². The van der Waals surface area contributed by atoms with Crippen molar-refractivity contribution in [2.75, 3.05) is 0 Å². The molecule has 2 aromatic heterocycles. The highest BCUT2D eigenvalue weighted by molar-refractivity contribution is 6.30. The molecule has 0 aliphatic rings. The molecule has 0 saturated carbocycles. The average Bonchev–Trinajstić information content (AvgIpc) is 2.99. The van der Waals surface area contributed by atoms with Crippen LogP contribution in [0.25, 0.3) is 22.9 Å². The molecule has 28 heavy (non-hydrogen) atoms. The summed E-state index contributed by atoms with van der Waals surface area (Å²) in [5, 5.41) is 23.9. The van der Waals surface area contributed by atoms with Gasteiger partial charge < -0.3 is 10.2 Å². The van der Waals surface area contributed by atoms with Crippen molar-refractivity contribution in [3.05, 3.63) is 64.6 Å². The first-order valence-corrected chi connectivity index (χ1v) is 9.21. The molecule has 0 aliphatic carbocycles. The standard InChI is InChI=1S/C21H20ClFN2O3/c1-12(2)20-16(8-7-15(26)11-19(27)28)21(13-3-5-14(23)6-4-13)24-25-17(20)9-10-18(25)22/h3-10,12,15,26H,11H2,1-2H3,(H,27,28)/t15-/m1/s1. The van der Waals surface area contributed by atoms with Crippen molar-refractivity contribution in [3.63, 3.8) is 0 Å². The third-order valence-corrected chi connectivity index (χ3v) is 4.68. The molecule has 146 valence electrons. The molecule has 0 radical (unpaired) electrons. The summed E-state index contributed by atoms with van der Waals surface area (Å²) in [5.74, 6) is -1.36. The molecule has 1 aromatic carbocycles. The number of nitrogens with zero attached hydrogens (tertiary/aromatic N) is 2. The smallest absolute Gasteiger partial charge is 0.306 e. The fourth-order valence-electron chi connectivity index (χ4n) is 3.18. The number of benzene rings is 1. The Morgan fingerprint density at radius 2 is 1.93 bits per heavy atom. The highest BCUT2D eigenvalue weighted by Crippen LogP contribution is 2.34. The van der Waals surface area contributed by atoms with Crippen LogP contribution in [0.5, 0.6) is 0 Å². The molecular formula is C21H20ClFN2O3. The highest BCUT2D eigenvalue weighted by Gasteiger charge is 2.19. The molecule has 0 unspecified atom stereocenters. The SMILES string of the molecule is CC(C)c1c(C=C[C@@H](O)CC(=O)O)c(-c2ccc(F)cc2)nn2c(Cl)ccc12. The second-order valence-corrected chi connectivity index (χ2v) is 7.20. The molecule has 0 aliphatic heterocycles. The molecule has 2 N–H and O–H groups in total. The second kappa shape index (κ2) is 8.12. The van der Waals surface area contributed by atoms with E-state index in [1.807, 2.05) is 19.9 Å². The topological polar surface area (TPSA) is 74.8 Å². The van der Waals surface area contributed by atoms with E-state index in [1.54, 1.807) is 28.8 Å². The van der Waals surface area contributed by atoms with Crippen LogP contribution in [0.2, 0.25) is 5.15 Å². The van der Waals surface area contributed by atoms with Gasteiger partial charge in [-0.3, -0.25) is 4.79 Å². The summed E-state index contributed by atoms with van der Waals surface area (Å²) in [6, 6.07) is 9.55. The summed E-state index contributed by atoms with van der Waals surface area (Å²) in [6.07, 6.45) is 1.58. The van der Waals surface area contributed by atoms with E-state index in [9.17, 15) is 14.3 Å². The first-order valence-electron chi connectivity index (χ1n) is 8.83.